The molecule has 0 spiro atoms. The number of ether oxygens (including phenoxy) is 1. The van der Waals surface area contributed by atoms with Gasteiger partial charge in [0.1, 0.15) is 0 Å². The Morgan fingerprint density at radius 2 is 1.76 bits per heavy atom. The lowest BCUT2D eigenvalue weighted by molar-refractivity contribution is -0.123. The summed E-state index contributed by atoms with van der Waals surface area (Å²) in [6, 6.07) is 20.2. The van der Waals surface area contributed by atoms with E-state index < -0.39 is 5.43 Å². The first kappa shape index (κ1) is 22.9. The molecule has 4 rings (SSSR count). The smallest absolute Gasteiger partial charge is 0.257 e. The minimum absolute atomic E-state index is 0.0668. The number of aryl methyl sites for hydroxylation is 1. The summed E-state index contributed by atoms with van der Waals surface area (Å²) in [6.07, 6.45) is 0.691. The summed E-state index contributed by atoms with van der Waals surface area (Å²) in [4.78, 5) is 25.6. The Labute approximate surface area is 200 Å². The molecule has 1 amide bonds. The largest absolute Gasteiger partial charge is 0.476 e. The van der Waals surface area contributed by atoms with Gasteiger partial charge in [-0.1, -0.05) is 83.4 Å². The van der Waals surface area contributed by atoms with Crippen molar-refractivity contribution in [2.24, 2.45) is 0 Å². The van der Waals surface area contributed by atoms with Gasteiger partial charge in [0.2, 0.25) is 11.2 Å². The van der Waals surface area contributed by atoms with E-state index in [1.165, 1.54) is 12.1 Å². The SMILES string of the molecule is Cc1ccc(-c2oc3c(Cl)cc(Cl)cc3c(=O)c2OCC(=O)NCCc2ccccc2)cc1. The molecule has 0 aliphatic heterocycles. The van der Waals surface area contributed by atoms with E-state index in [9.17, 15) is 9.59 Å². The minimum atomic E-state index is -0.451. The molecule has 0 saturated carbocycles. The fourth-order valence-electron chi connectivity index (χ4n) is 3.41. The maximum Gasteiger partial charge on any atom is 0.257 e. The van der Waals surface area contributed by atoms with Crippen molar-refractivity contribution in [3.8, 4) is 17.1 Å². The maximum atomic E-state index is 13.3. The number of halogens is 2. The number of carbonyl (C=O) groups is 1. The van der Waals surface area contributed by atoms with Crippen LogP contribution in [0.1, 0.15) is 11.1 Å². The highest BCUT2D eigenvalue weighted by atomic mass is 35.5. The molecular formula is C26H21Cl2NO4. The standard InChI is InChI=1S/C26H21Cl2NO4/c1-16-7-9-18(10-8-16)24-26(23(31)20-13-19(27)14-21(28)25(20)33-24)32-15-22(30)29-12-11-17-5-3-2-4-6-17/h2-10,13-14H,11-12,15H2,1H3,(H,29,30). The summed E-state index contributed by atoms with van der Waals surface area (Å²) in [5.41, 5.74) is 2.55. The lowest BCUT2D eigenvalue weighted by atomic mass is 10.1. The average Bonchev–Trinajstić information content (AvgIpc) is 2.80. The van der Waals surface area contributed by atoms with E-state index in [2.05, 4.69) is 5.32 Å². The molecule has 4 aromatic rings. The second-order valence-electron chi connectivity index (χ2n) is 7.59. The normalized spacial score (nSPS) is 10.9. The number of amides is 1. The van der Waals surface area contributed by atoms with E-state index >= 15 is 0 Å². The highest BCUT2D eigenvalue weighted by molar-refractivity contribution is 6.38. The monoisotopic (exact) mass is 481 g/mol. The lowest BCUT2D eigenvalue weighted by Gasteiger charge is -2.13. The summed E-state index contributed by atoms with van der Waals surface area (Å²) >= 11 is 12.4. The zero-order chi connectivity index (χ0) is 23.4. The fourth-order valence-corrected chi connectivity index (χ4v) is 3.94. The molecule has 0 bridgehead atoms. The van der Waals surface area contributed by atoms with Crippen LogP contribution in [-0.4, -0.2) is 19.1 Å². The Morgan fingerprint density at radius 1 is 1.03 bits per heavy atom. The number of nitrogens with one attached hydrogen (secondary N) is 1. The lowest BCUT2D eigenvalue weighted by Crippen LogP contribution is -2.31. The molecule has 168 valence electrons. The van der Waals surface area contributed by atoms with Crippen molar-refractivity contribution in [3.05, 3.63) is 98.1 Å². The molecule has 3 aromatic carbocycles. The third kappa shape index (κ3) is 5.38. The predicted octanol–water partition coefficient (Wildman–Crippen LogP) is 5.81. The molecule has 0 radical (unpaired) electrons. The van der Waals surface area contributed by atoms with Gasteiger partial charge < -0.3 is 14.5 Å². The first-order chi connectivity index (χ1) is 15.9. The molecule has 0 aliphatic rings. The summed E-state index contributed by atoms with van der Waals surface area (Å²) in [7, 11) is 0. The molecule has 1 aromatic heterocycles. The van der Waals surface area contributed by atoms with Crippen LogP contribution in [0.2, 0.25) is 10.0 Å². The molecule has 0 atom stereocenters. The topological polar surface area (TPSA) is 68.5 Å². The van der Waals surface area contributed by atoms with E-state index in [1.54, 1.807) is 0 Å². The van der Waals surface area contributed by atoms with E-state index in [0.717, 1.165) is 11.1 Å². The van der Waals surface area contributed by atoms with Gasteiger partial charge in [0.15, 0.2) is 18.0 Å². The van der Waals surface area contributed by atoms with Crippen molar-refractivity contribution >= 4 is 40.1 Å². The van der Waals surface area contributed by atoms with Crippen LogP contribution in [0.4, 0.5) is 0 Å². The quantitative estimate of drug-likeness (QED) is 0.361. The van der Waals surface area contributed by atoms with Crippen LogP contribution in [0.3, 0.4) is 0 Å². The number of carbonyl (C=O) groups excluding carboxylic acids is 1. The highest BCUT2D eigenvalue weighted by Crippen LogP contribution is 2.35. The third-order valence-corrected chi connectivity index (χ3v) is 5.61. The zero-order valence-corrected chi connectivity index (χ0v) is 19.4. The van der Waals surface area contributed by atoms with Crippen LogP contribution in [0.15, 0.2) is 75.9 Å². The van der Waals surface area contributed by atoms with Crippen molar-refractivity contribution in [1.29, 1.82) is 0 Å². The second kappa shape index (κ2) is 10.1. The van der Waals surface area contributed by atoms with Gasteiger partial charge >= 0.3 is 0 Å². The molecule has 0 aliphatic carbocycles. The van der Waals surface area contributed by atoms with Gasteiger partial charge in [-0.3, -0.25) is 9.59 Å². The molecule has 0 unspecified atom stereocenters. The number of rotatable bonds is 7. The highest BCUT2D eigenvalue weighted by Gasteiger charge is 2.20. The Bertz CT molecular complexity index is 1350. The van der Waals surface area contributed by atoms with E-state index in [-0.39, 0.29) is 40.0 Å². The maximum absolute atomic E-state index is 13.3. The summed E-state index contributed by atoms with van der Waals surface area (Å²) < 4.78 is 11.7. The Hall–Kier alpha value is -3.28. The molecule has 7 heteroatoms. The van der Waals surface area contributed by atoms with E-state index in [4.69, 9.17) is 32.4 Å². The van der Waals surface area contributed by atoms with E-state index in [1.807, 2.05) is 61.5 Å². The zero-order valence-electron chi connectivity index (χ0n) is 17.9. The van der Waals surface area contributed by atoms with Crippen molar-refractivity contribution < 1.29 is 13.9 Å². The molecular weight excluding hydrogens is 461 g/mol. The first-order valence-corrected chi connectivity index (χ1v) is 11.1. The van der Waals surface area contributed by atoms with Gasteiger partial charge in [-0.05, 0) is 31.0 Å². The van der Waals surface area contributed by atoms with Crippen LogP contribution >= 0.6 is 23.2 Å². The van der Waals surface area contributed by atoms with Crippen molar-refractivity contribution in [2.75, 3.05) is 13.2 Å². The van der Waals surface area contributed by atoms with Gasteiger partial charge in [0.25, 0.3) is 5.91 Å². The number of hydrogen-bond acceptors (Lipinski definition) is 4. The Morgan fingerprint density at radius 3 is 2.48 bits per heavy atom. The first-order valence-electron chi connectivity index (χ1n) is 10.4. The van der Waals surface area contributed by atoms with E-state index in [0.29, 0.717) is 23.6 Å². The minimum Gasteiger partial charge on any atom is -0.476 e. The van der Waals surface area contributed by atoms with Crippen molar-refractivity contribution in [2.45, 2.75) is 13.3 Å². The Kier molecular flexibility index (Phi) is 7.02. The second-order valence-corrected chi connectivity index (χ2v) is 8.44. The molecule has 0 saturated heterocycles. The molecule has 1 heterocycles. The Balaban J connectivity index is 1.60. The van der Waals surface area contributed by atoms with Crippen LogP contribution in [0.5, 0.6) is 5.75 Å². The van der Waals surface area contributed by atoms with Crippen molar-refractivity contribution in [1.82, 2.24) is 5.32 Å². The number of benzene rings is 3. The van der Waals surface area contributed by atoms with Crippen LogP contribution in [0.25, 0.3) is 22.3 Å². The number of fused-ring (bicyclic) bond motifs is 1. The van der Waals surface area contributed by atoms with Gasteiger partial charge in [0, 0.05) is 17.1 Å². The predicted molar refractivity (Wildman–Crippen MR) is 131 cm³/mol. The van der Waals surface area contributed by atoms with Crippen LogP contribution < -0.4 is 15.5 Å². The summed E-state index contributed by atoms with van der Waals surface area (Å²) in [6.45, 7) is 2.07. The average molecular weight is 482 g/mol. The molecule has 1 N–H and O–H groups in total. The van der Waals surface area contributed by atoms with Gasteiger partial charge in [0.05, 0.1) is 10.4 Å². The van der Waals surface area contributed by atoms with Gasteiger partial charge in [-0.15, -0.1) is 0 Å². The van der Waals surface area contributed by atoms with Crippen LogP contribution in [0, 0.1) is 6.92 Å². The molecule has 5 nitrogen and oxygen atoms in total. The molecule has 0 fully saturated rings. The summed E-state index contributed by atoms with van der Waals surface area (Å²) in [5, 5.41) is 3.50. The molecule has 33 heavy (non-hydrogen) atoms. The summed E-state index contributed by atoms with van der Waals surface area (Å²) in [5.74, 6) is -0.207. The number of hydrogen-bond donors (Lipinski definition) is 1. The third-order valence-electron chi connectivity index (χ3n) is 5.11. The van der Waals surface area contributed by atoms with Gasteiger partial charge in [-0.25, -0.2) is 0 Å². The van der Waals surface area contributed by atoms with Gasteiger partial charge in [-0.2, -0.15) is 0 Å². The van der Waals surface area contributed by atoms with Crippen LogP contribution in [-0.2, 0) is 11.2 Å². The fraction of sp³-hybridized carbons (Fsp3) is 0.154. The van der Waals surface area contributed by atoms with Crippen molar-refractivity contribution in [3.63, 3.8) is 0 Å².